The van der Waals surface area contributed by atoms with Crippen molar-refractivity contribution < 1.29 is 28.7 Å². The number of carbonyl (C=O) groups is 5. The lowest BCUT2D eigenvalue weighted by Crippen LogP contribution is -2.44. The van der Waals surface area contributed by atoms with Gasteiger partial charge in [0.2, 0.25) is 0 Å². The summed E-state index contributed by atoms with van der Waals surface area (Å²) in [6, 6.07) is -1.15. The summed E-state index contributed by atoms with van der Waals surface area (Å²) in [5.74, 6) is -1.60. The van der Waals surface area contributed by atoms with Crippen LogP contribution in [0.5, 0.6) is 0 Å². The van der Waals surface area contributed by atoms with Crippen LogP contribution in [0.1, 0.15) is 58.8 Å². The largest absolute Gasteiger partial charge is 0.456 e. The molecule has 1 spiro atoms. The number of rotatable bonds is 8. The van der Waals surface area contributed by atoms with Gasteiger partial charge >= 0.3 is 18.0 Å². The van der Waals surface area contributed by atoms with Crippen LogP contribution in [0, 0.1) is 0 Å². The Bertz CT molecular complexity index is 644. The van der Waals surface area contributed by atoms with Gasteiger partial charge in [-0.3, -0.25) is 24.6 Å². The van der Waals surface area contributed by atoms with E-state index in [4.69, 9.17) is 4.74 Å². The molecule has 10 nitrogen and oxygen atoms in total. The summed E-state index contributed by atoms with van der Waals surface area (Å²) in [6.07, 6.45) is 4.02. The summed E-state index contributed by atoms with van der Waals surface area (Å²) in [6.45, 7) is 3.23. The van der Waals surface area contributed by atoms with E-state index < -0.39 is 36.1 Å². The number of hydrogen-bond donors (Lipinski definition) is 3. The van der Waals surface area contributed by atoms with Crippen LogP contribution in [0.2, 0.25) is 0 Å². The molecule has 1 aliphatic heterocycles. The van der Waals surface area contributed by atoms with Crippen LogP contribution in [0.4, 0.5) is 9.59 Å². The van der Waals surface area contributed by atoms with Crippen molar-refractivity contribution in [1.29, 1.82) is 0 Å². The van der Waals surface area contributed by atoms with Crippen LogP contribution >= 0.6 is 0 Å². The van der Waals surface area contributed by atoms with Gasteiger partial charge in [0.05, 0.1) is 0 Å². The zero-order valence-corrected chi connectivity index (χ0v) is 16.3. The Morgan fingerprint density at radius 1 is 1.25 bits per heavy atom. The molecule has 0 unspecified atom stereocenters. The predicted octanol–water partition coefficient (Wildman–Crippen LogP) is 0.799. The van der Waals surface area contributed by atoms with Gasteiger partial charge in [0.15, 0.2) is 6.61 Å². The van der Waals surface area contributed by atoms with Gasteiger partial charge in [0, 0.05) is 19.0 Å². The number of hydrogen-bond acceptors (Lipinski definition) is 6. The van der Waals surface area contributed by atoms with Crippen LogP contribution in [-0.2, 0) is 19.1 Å². The van der Waals surface area contributed by atoms with Crippen molar-refractivity contribution in [2.24, 2.45) is 0 Å². The fraction of sp³-hybridized carbons (Fsp3) is 0.722. The Balaban J connectivity index is 1.65. The molecule has 0 radical (unpaired) electrons. The monoisotopic (exact) mass is 396 g/mol. The number of urea groups is 2. The van der Waals surface area contributed by atoms with Gasteiger partial charge in [0.25, 0.3) is 11.8 Å². The molecule has 156 valence electrons. The third-order valence-corrected chi connectivity index (χ3v) is 5.07. The molecule has 3 N–H and O–H groups in total. The molecular weight excluding hydrogens is 368 g/mol. The van der Waals surface area contributed by atoms with E-state index in [0.717, 1.165) is 24.2 Å². The van der Waals surface area contributed by atoms with E-state index in [1.807, 2.05) is 6.92 Å². The first kappa shape index (κ1) is 21.6. The maximum Gasteiger partial charge on any atom is 0.325 e. The van der Waals surface area contributed by atoms with Crippen molar-refractivity contribution in [3.63, 3.8) is 0 Å². The maximum absolute atomic E-state index is 12.5. The van der Waals surface area contributed by atoms with Crippen molar-refractivity contribution >= 4 is 29.8 Å². The summed E-state index contributed by atoms with van der Waals surface area (Å²) in [7, 11) is 0. The molecule has 1 saturated heterocycles. The summed E-state index contributed by atoms with van der Waals surface area (Å²) >= 11 is 0. The summed E-state index contributed by atoms with van der Waals surface area (Å²) in [4.78, 5) is 60.5. The third-order valence-electron chi connectivity index (χ3n) is 5.07. The van der Waals surface area contributed by atoms with Gasteiger partial charge in [-0.15, -0.1) is 0 Å². The van der Waals surface area contributed by atoms with Gasteiger partial charge in [-0.05, 0) is 32.6 Å². The van der Waals surface area contributed by atoms with Crippen LogP contribution in [0.15, 0.2) is 0 Å². The molecule has 1 aliphatic carbocycles. The van der Waals surface area contributed by atoms with E-state index in [1.54, 1.807) is 6.92 Å². The van der Waals surface area contributed by atoms with E-state index in [-0.39, 0.29) is 31.3 Å². The highest BCUT2D eigenvalue weighted by Crippen LogP contribution is 2.35. The van der Waals surface area contributed by atoms with Gasteiger partial charge in [-0.25, -0.2) is 9.59 Å². The Hall–Kier alpha value is -2.65. The number of ether oxygens (including phenoxy) is 1. The first-order valence-electron chi connectivity index (χ1n) is 9.67. The second-order valence-corrected chi connectivity index (χ2v) is 7.27. The molecule has 2 aliphatic rings. The highest BCUT2D eigenvalue weighted by molar-refractivity contribution is 6.07. The molecule has 2 rings (SSSR count). The summed E-state index contributed by atoms with van der Waals surface area (Å²) < 4.78 is 4.81. The van der Waals surface area contributed by atoms with Crippen molar-refractivity contribution in [2.75, 3.05) is 13.2 Å². The van der Waals surface area contributed by atoms with Gasteiger partial charge < -0.3 is 15.4 Å². The van der Waals surface area contributed by atoms with E-state index in [9.17, 15) is 24.0 Å². The van der Waals surface area contributed by atoms with Crippen LogP contribution < -0.4 is 16.0 Å². The Morgan fingerprint density at radius 2 is 1.93 bits per heavy atom. The fourth-order valence-corrected chi connectivity index (χ4v) is 3.32. The van der Waals surface area contributed by atoms with Gasteiger partial charge in [-0.2, -0.15) is 0 Å². The minimum Gasteiger partial charge on any atom is -0.456 e. The predicted molar refractivity (Wildman–Crippen MR) is 98.1 cm³/mol. The van der Waals surface area contributed by atoms with Crippen LogP contribution in [0.3, 0.4) is 0 Å². The smallest absolute Gasteiger partial charge is 0.325 e. The molecule has 1 atom stereocenters. The topological polar surface area (TPSA) is 134 Å². The number of carbonyl (C=O) groups excluding carboxylic acids is 5. The number of amides is 6. The maximum atomic E-state index is 12.5. The second-order valence-electron chi connectivity index (χ2n) is 7.27. The zero-order valence-electron chi connectivity index (χ0n) is 16.3. The molecule has 2 fully saturated rings. The number of imide groups is 2. The molecule has 10 heteroatoms. The fourth-order valence-electron chi connectivity index (χ4n) is 3.32. The van der Waals surface area contributed by atoms with Gasteiger partial charge in [0.1, 0.15) is 5.54 Å². The average Bonchev–Trinajstić information content (AvgIpc) is 3.20. The molecule has 28 heavy (non-hydrogen) atoms. The summed E-state index contributed by atoms with van der Waals surface area (Å²) in [5, 5.41) is 7.40. The Morgan fingerprint density at radius 3 is 2.57 bits per heavy atom. The number of esters is 1. The molecular formula is C18H28N4O6. The van der Waals surface area contributed by atoms with E-state index in [1.165, 1.54) is 0 Å². The van der Waals surface area contributed by atoms with Crippen LogP contribution in [-0.4, -0.2) is 59.5 Å². The zero-order chi connectivity index (χ0) is 20.7. The van der Waals surface area contributed by atoms with E-state index in [2.05, 4.69) is 16.0 Å². The molecule has 0 aromatic carbocycles. The highest BCUT2D eigenvalue weighted by atomic mass is 16.5. The number of nitrogens with zero attached hydrogens (tertiary/aromatic N) is 1. The second kappa shape index (κ2) is 9.52. The van der Waals surface area contributed by atoms with Gasteiger partial charge in [-0.1, -0.05) is 19.8 Å². The number of nitrogens with one attached hydrogen (secondary N) is 3. The SMILES string of the molecule is CC[C@H](C)NC(=O)NC(=O)COC(=O)CCCN1C(=O)NC2(CCCC2)C1=O. The van der Waals surface area contributed by atoms with Crippen molar-refractivity contribution in [3.8, 4) is 0 Å². The molecule has 0 bridgehead atoms. The van der Waals surface area contributed by atoms with Crippen molar-refractivity contribution in [2.45, 2.75) is 70.4 Å². The van der Waals surface area contributed by atoms with Crippen LogP contribution in [0.25, 0.3) is 0 Å². The molecule has 1 heterocycles. The third kappa shape index (κ3) is 5.43. The van der Waals surface area contributed by atoms with Crippen molar-refractivity contribution in [1.82, 2.24) is 20.9 Å². The molecule has 6 amide bonds. The summed E-state index contributed by atoms with van der Waals surface area (Å²) in [5.41, 5.74) is -0.758. The lowest BCUT2D eigenvalue weighted by molar-refractivity contribution is -0.148. The van der Waals surface area contributed by atoms with E-state index in [0.29, 0.717) is 12.8 Å². The van der Waals surface area contributed by atoms with E-state index >= 15 is 0 Å². The quantitative estimate of drug-likeness (QED) is 0.410. The minimum atomic E-state index is -0.758. The standard InChI is InChI=1S/C18H28N4O6/c1-3-12(2)19-16(26)20-13(23)11-28-14(24)7-6-10-22-15(25)18(21-17(22)27)8-4-5-9-18/h12H,3-11H2,1-2H3,(H,21,27)(H2,19,20,23,26)/t12-/m0/s1. The lowest BCUT2D eigenvalue weighted by atomic mass is 9.98. The average molecular weight is 396 g/mol. The molecule has 0 aromatic heterocycles. The first-order valence-corrected chi connectivity index (χ1v) is 9.67. The first-order chi connectivity index (χ1) is 13.3. The molecule has 1 saturated carbocycles. The minimum absolute atomic E-state index is 0.0452. The Kier molecular flexibility index (Phi) is 7.36. The molecule has 0 aromatic rings. The Labute approximate surface area is 163 Å². The normalized spacial score (nSPS) is 18.7. The highest BCUT2D eigenvalue weighted by Gasteiger charge is 2.52. The van der Waals surface area contributed by atoms with Crippen molar-refractivity contribution in [3.05, 3.63) is 0 Å². The lowest BCUT2D eigenvalue weighted by Gasteiger charge is -2.19.